The molecule has 0 unspecified atom stereocenters. The number of ether oxygens (including phenoxy) is 1. The largest absolute Gasteiger partial charge is 0.402 e. The Balaban J connectivity index is 1.85. The lowest BCUT2D eigenvalue weighted by atomic mass is 10.1. The zero-order valence-corrected chi connectivity index (χ0v) is 16.1. The summed E-state index contributed by atoms with van der Waals surface area (Å²) < 4.78 is 32.9. The lowest BCUT2D eigenvalue weighted by Gasteiger charge is -2.12. The van der Waals surface area contributed by atoms with Gasteiger partial charge in [0.2, 0.25) is 5.90 Å². The van der Waals surface area contributed by atoms with Crippen LogP contribution in [0.15, 0.2) is 71.5 Å². The van der Waals surface area contributed by atoms with Crippen molar-refractivity contribution in [3.8, 4) is 0 Å². The van der Waals surface area contributed by atoms with Crippen molar-refractivity contribution in [3.05, 3.63) is 77.6 Å². The molecule has 1 aliphatic heterocycles. The molecule has 0 fully saturated rings. The van der Waals surface area contributed by atoms with Crippen LogP contribution >= 0.6 is 0 Å². The number of cyclic esters (lactones) is 1. The number of aliphatic imine (C=N–C) groups is 1. The van der Waals surface area contributed by atoms with Gasteiger partial charge in [0.15, 0.2) is 5.70 Å². The summed E-state index contributed by atoms with van der Waals surface area (Å²) in [5.74, 6) is -0.354. The highest BCUT2D eigenvalue weighted by Crippen LogP contribution is 2.27. The van der Waals surface area contributed by atoms with Crippen molar-refractivity contribution in [1.29, 1.82) is 0 Å². The van der Waals surface area contributed by atoms with Crippen LogP contribution in [0.2, 0.25) is 0 Å². The predicted molar refractivity (Wildman–Crippen MR) is 107 cm³/mol. The van der Waals surface area contributed by atoms with Gasteiger partial charge >= 0.3 is 16.2 Å². The number of carbonyl (C=O) groups excluding carboxylic acids is 1. The van der Waals surface area contributed by atoms with Gasteiger partial charge in [0.05, 0.1) is 5.52 Å². The number of para-hydroxylation sites is 1. The number of rotatable bonds is 4. The number of nitrogens with zero attached hydrogens (tertiary/aromatic N) is 3. The Labute approximate surface area is 162 Å². The zero-order chi connectivity index (χ0) is 19.9. The van der Waals surface area contributed by atoms with Crippen LogP contribution < -0.4 is 0 Å². The molecule has 0 spiro atoms. The van der Waals surface area contributed by atoms with E-state index in [4.69, 9.17) is 4.74 Å². The van der Waals surface area contributed by atoms with E-state index in [2.05, 4.69) is 4.99 Å². The normalized spacial score (nSPS) is 16.0. The summed E-state index contributed by atoms with van der Waals surface area (Å²) in [6.45, 7) is 0. The third kappa shape index (κ3) is 3.02. The smallest absolute Gasteiger partial charge is 0.363 e. The molecule has 142 valence electrons. The molecule has 0 N–H and O–H groups in total. The topological polar surface area (TPSA) is 81.0 Å². The first-order valence-corrected chi connectivity index (χ1v) is 9.89. The Kier molecular flexibility index (Phi) is 4.37. The van der Waals surface area contributed by atoms with Crippen LogP contribution in [0.25, 0.3) is 17.0 Å². The van der Waals surface area contributed by atoms with Gasteiger partial charge in [0.1, 0.15) is 0 Å². The van der Waals surface area contributed by atoms with Gasteiger partial charge in [-0.1, -0.05) is 36.4 Å². The van der Waals surface area contributed by atoms with Gasteiger partial charge < -0.3 is 4.74 Å². The molecule has 3 aromatic rings. The van der Waals surface area contributed by atoms with E-state index >= 15 is 0 Å². The van der Waals surface area contributed by atoms with Gasteiger partial charge in [-0.15, -0.1) is 0 Å². The maximum absolute atomic E-state index is 12.6. The average molecular weight is 395 g/mol. The summed E-state index contributed by atoms with van der Waals surface area (Å²) >= 11 is 0. The van der Waals surface area contributed by atoms with Crippen LogP contribution in [0.5, 0.6) is 0 Å². The quantitative estimate of drug-likeness (QED) is 0.502. The summed E-state index contributed by atoms with van der Waals surface area (Å²) in [6, 6.07) is 16.2. The monoisotopic (exact) mass is 395 g/mol. The molecule has 0 saturated carbocycles. The van der Waals surface area contributed by atoms with Crippen molar-refractivity contribution in [2.75, 3.05) is 14.1 Å². The molecule has 8 heteroatoms. The Morgan fingerprint density at radius 2 is 1.71 bits per heavy atom. The molecule has 2 heterocycles. The second-order valence-electron chi connectivity index (χ2n) is 6.39. The summed E-state index contributed by atoms with van der Waals surface area (Å²) in [5, 5.41) is 0.691. The van der Waals surface area contributed by atoms with E-state index in [0.29, 0.717) is 22.0 Å². The number of esters is 1. The molecule has 0 radical (unpaired) electrons. The van der Waals surface area contributed by atoms with Crippen molar-refractivity contribution in [2.45, 2.75) is 0 Å². The van der Waals surface area contributed by atoms with E-state index in [9.17, 15) is 13.2 Å². The number of fused-ring (bicyclic) bond motifs is 1. The second kappa shape index (κ2) is 6.74. The highest BCUT2D eigenvalue weighted by molar-refractivity contribution is 7.87. The summed E-state index contributed by atoms with van der Waals surface area (Å²) in [7, 11) is -0.784. The minimum Gasteiger partial charge on any atom is -0.402 e. The summed E-state index contributed by atoms with van der Waals surface area (Å²) in [6.07, 6.45) is 3.03. The molecule has 0 bridgehead atoms. The minimum absolute atomic E-state index is 0.115. The van der Waals surface area contributed by atoms with Crippen molar-refractivity contribution in [1.82, 2.24) is 8.28 Å². The summed E-state index contributed by atoms with van der Waals surface area (Å²) in [4.78, 5) is 16.6. The molecule has 7 nitrogen and oxygen atoms in total. The Hall–Kier alpha value is -3.23. The van der Waals surface area contributed by atoms with Crippen molar-refractivity contribution in [3.63, 3.8) is 0 Å². The van der Waals surface area contributed by atoms with E-state index in [1.54, 1.807) is 36.4 Å². The van der Waals surface area contributed by atoms with Crippen LogP contribution in [0, 0.1) is 0 Å². The van der Waals surface area contributed by atoms with Gasteiger partial charge in [0, 0.05) is 36.8 Å². The lowest BCUT2D eigenvalue weighted by Crippen LogP contribution is -2.28. The molecule has 4 rings (SSSR count). The minimum atomic E-state index is -3.71. The molecule has 2 aromatic carbocycles. The molecule has 0 saturated heterocycles. The SMILES string of the molecule is CN(C)S(=O)(=O)n1cc(C=C2N=C(c3ccccc3)OC2=O)c2ccccc21. The van der Waals surface area contributed by atoms with Crippen LogP contribution in [0.4, 0.5) is 0 Å². The number of hydrogen-bond donors (Lipinski definition) is 0. The highest BCUT2D eigenvalue weighted by Gasteiger charge is 2.26. The van der Waals surface area contributed by atoms with E-state index < -0.39 is 16.2 Å². The first-order chi connectivity index (χ1) is 13.4. The Morgan fingerprint density at radius 3 is 2.43 bits per heavy atom. The fourth-order valence-electron chi connectivity index (χ4n) is 2.92. The Morgan fingerprint density at radius 1 is 1.04 bits per heavy atom. The molecule has 0 aliphatic carbocycles. The molecule has 0 amide bonds. The van der Waals surface area contributed by atoms with Crippen LogP contribution in [0.1, 0.15) is 11.1 Å². The maximum Gasteiger partial charge on any atom is 0.363 e. The van der Waals surface area contributed by atoms with E-state index in [1.807, 2.05) is 24.3 Å². The van der Waals surface area contributed by atoms with Gasteiger partial charge in [-0.05, 0) is 24.3 Å². The lowest BCUT2D eigenvalue weighted by molar-refractivity contribution is -0.129. The standard InChI is InChI=1S/C20H17N3O4S/c1-22(2)28(25,26)23-13-15(16-10-6-7-11-18(16)23)12-17-20(24)27-19(21-17)14-8-4-3-5-9-14/h3-13H,1-2H3. The number of hydrogen-bond acceptors (Lipinski definition) is 5. The van der Waals surface area contributed by atoms with Crippen LogP contribution in [-0.4, -0.2) is 42.7 Å². The molecule has 28 heavy (non-hydrogen) atoms. The van der Waals surface area contributed by atoms with Crippen molar-refractivity contribution in [2.24, 2.45) is 4.99 Å². The predicted octanol–water partition coefficient (Wildman–Crippen LogP) is 2.64. The molecule has 1 aromatic heterocycles. The summed E-state index contributed by atoms with van der Waals surface area (Å²) in [5.41, 5.74) is 1.88. The number of carbonyl (C=O) groups is 1. The average Bonchev–Trinajstić information content (AvgIpc) is 3.24. The van der Waals surface area contributed by atoms with Gasteiger partial charge in [0.25, 0.3) is 0 Å². The highest BCUT2D eigenvalue weighted by atomic mass is 32.2. The zero-order valence-electron chi connectivity index (χ0n) is 15.2. The first kappa shape index (κ1) is 18.1. The van der Waals surface area contributed by atoms with Crippen molar-refractivity contribution < 1.29 is 17.9 Å². The van der Waals surface area contributed by atoms with E-state index in [1.165, 1.54) is 24.3 Å². The molecule has 1 aliphatic rings. The van der Waals surface area contributed by atoms with Gasteiger partial charge in [-0.25, -0.2) is 13.8 Å². The molecular weight excluding hydrogens is 378 g/mol. The Bertz CT molecular complexity index is 1240. The fraction of sp³-hybridized carbons (Fsp3) is 0.100. The number of aromatic nitrogens is 1. The number of benzene rings is 2. The fourth-order valence-corrected chi connectivity index (χ4v) is 3.92. The van der Waals surface area contributed by atoms with Crippen LogP contribution in [-0.2, 0) is 19.7 Å². The second-order valence-corrected chi connectivity index (χ2v) is 8.41. The third-order valence-corrected chi connectivity index (χ3v) is 6.07. The molecular formula is C20H17N3O4S. The van der Waals surface area contributed by atoms with Crippen molar-refractivity contribution >= 4 is 39.1 Å². The van der Waals surface area contributed by atoms with Crippen LogP contribution in [0.3, 0.4) is 0 Å². The van der Waals surface area contributed by atoms with Gasteiger partial charge in [-0.3, -0.25) is 0 Å². The van der Waals surface area contributed by atoms with Gasteiger partial charge in [-0.2, -0.15) is 12.7 Å². The van der Waals surface area contributed by atoms with E-state index in [0.717, 1.165) is 4.31 Å². The third-order valence-electron chi connectivity index (χ3n) is 4.35. The first-order valence-electron chi connectivity index (χ1n) is 8.49. The van der Waals surface area contributed by atoms with E-state index in [-0.39, 0.29) is 11.6 Å². The molecule has 0 atom stereocenters. The maximum atomic E-state index is 12.6.